The Labute approximate surface area is 155 Å². The lowest BCUT2D eigenvalue weighted by atomic mass is 10.1. The Hall–Kier alpha value is -1.26. The van der Waals surface area contributed by atoms with Gasteiger partial charge in [-0.3, -0.25) is 4.79 Å². The molecule has 1 saturated heterocycles. The van der Waals surface area contributed by atoms with Crippen molar-refractivity contribution in [1.82, 2.24) is 9.21 Å². The Balaban J connectivity index is 2.09. The van der Waals surface area contributed by atoms with Gasteiger partial charge >= 0.3 is 6.18 Å². The number of amides is 1. The summed E-state index contributed by atoms with van der Waals surface area (Å²) >= 11 is 1.32. The molecule has 5 nitrogen and oxygen atoms in total. The Morgan fingerprint density at radius 2 is 1.88 bits per heavy atom. The number of nitrogens with zero attached hydrogens (tertiary/aromatic N) is 2. The maximum atomic E-state index is 12.7. The zero-order chi connectivity index (χ0) is 19.5. The minimum absolute atomic E-state index is 0.0362. The highest BCUT2D eigenvalue weighted by Gasteiger charge is 2.35. The molecule has 1 aromatic carbocycles. The zero-order valence-electron chi connectivity index (χ0n) is 14.5. The number of sulfonamides is 1. The van der Waals surface area contributed by atoms with Crippen molar-refractivity contribution in [2.24, 2.45) is 0 Å². The van der Waals surface area contributed by atoms with Crippen LogP contribution in [0.3, 0.4) is 0 Å². The van der Waals surface area contributed by atoms with E-state index in [4.69, 9.17) is 0 Å². The van der Waals surface area contributed by atoms with Crippen molar-refractivity contribution >= 4 is 27.7 Å². The highest BCUT2D eigenvalue weighted by atomic mass is 32.2. The van der Waals surface area contributed by atoms with E-state index < -0.39 is 27.1 Å². The summed E-state index contributed by atoms with van der Waals surface area (Å²) in [5, 5.41) is -0.410. The van der Waals surface area contributed by atoms with Crippen LogP contribution in [0.5, 0.6) is 0 Å². The number of rotatable bonds is 7. The van der Waals surface area contributed by atoms with Crippen LogP contribution in [0.1, 0.15) is 29.8 Å². The number of halogens is 3. The molecule has 2 rings (SSSR count). The highest BCUT2D eigenvalue weighted by Crippen LogP contribution is 2.39. The third-order valence-electron chi connectivity index (χ3n) is 4.08. The van der Waals surface area contributed by atoms with Gasteiger partial charge < -0.3 is 4.90 Å². The maximum absolute atomic E-state index is 12.7. The first-order valence-corrected chi connectivity index (χ1v) is 10.7. The Morgan fingerprint density at radius 1 is 1.27 bits per heavy atom. The molecule has 146 valence electrons. The molecular weight excluding hydrogens is 389 g/mol. The molecule has 0 spiro atoms. The minimum Gasteiger partial charge on any atom is -0.325 e. The molecule has 10 heteroatoms. The number of hydrogen-bond acceptors (Lipinski definition) is 4. The molecule has 0 saturated carbocycles. The SMILES string of the molecule is CCCS(=O)(=O)N(C)CCN1C(=O)CS[C@H]1c1ccc(C(F)(F)F)cc1. The Morgan fingerprint density at radius 3 is 2.42 bits per heavy atom. The van der Waals surface area contributed by atoms with Crippen LogP contribution >= 0.6 is 11.8 Å². The summed E-state index contributed by atoms with van der Waals surface area (Å²) in [6.45, 7) is 2.11. The van der Waals surface area contributed by atoms with Crippen LogP contribution in [-0.2, 0) is 21.0 Å². The summed E-state index contributed by atoms with van der Waals surface area (Å²) in [6, 6.07) is 4.72. The fourth-order valence-corrected chi connectivity index (χ4v) is 5.02. The number of carbonyl (C=O) groups excluding carboxylic acids is 1. The first kappa shape index (κ1) is 21.0. The highest BCUT2D eigenvalue weighted by molar-refractivity contribution is 8.00. The summed E-state index contributed by atoms with van der Waals surface area (Å²) in [4.78, 5) is 13.6. The number of carbonyl (C=O) groups is 1. The van der Waals surface area contributed by atoms with Gasteiger partial charge in [0.1, 0.15) is 5.37 Å². The predicted molar refractivity (Wildman–Crippen MR) is 95.1 cm³/mol. The van der Waals surface area contributed by atoms with E-state index in [0.29, 0.717) is 12.0 Å². The number of hydrogen-bond donors (Lipinski definition) is 0. The second kappa shape index (κ2) is 8.18. The number of alkyl halides is 3. The molecule has 1 atom stereocenters. The summed E-state index contributed by atoms with van der Waals surface area (Å²) in [7, 11) is -1.90. The smallest absolute Gasteiger partial charge is 0.325 e. The van der Waals surface area contributed by atoms with Crippen LogP contribution in [0, 0.1) is 0 Å². The van der Waals surface area contributed by atoms with Gasteiger partial charge in [0.15, 0.2) is 0 Å². The van der Waals surface area contributed by atoms with Crippen molar-refractivity contribution in [2.75, 3.05) is 31.6 Å². The average molecular weight is 410 g/mol. The van der Waals surface area contributed by atoms with Gasteiger partial charge in [-0.1, -0.05) is 19.1 Å². The van der Waals surface area contributed by atoms with Crippen LogP contribution in [-0.4, -0.2) is 55.2 Å². The standard InChI is InChI=1S/C16H21F3N2O3S2/c1-3-10-26(23,24)20(2)8-9-21-14(22)11-25-15(21)12-4-6-13(7-5-12)16(17,18)19/h4-7,15H,3,8-11H2,1-2H3/t15-/m0/s1. The van der Waals surface area contributed by atoms with E-state index in [9.17, 15) is 26.4 Å². The third kappa shape index (κ3) is 4.92. The van der Waals surface area contributed by atoms with Crippen molar-refractivity contribution in [3.05, 3.63) is 35.4 Å². The van der Waals surface area contributed by atoms with Gasteiger partial charge in [-0.2, -0.15) is 13.2 Å². The molecule has 0 radical (unpaired) electrons. The van der Waals surface area contributed by atoms with Gasteiger partial charge in [0.2, 0.25) is 15.9 Å². The second-order valence-electron chi connectivity index (χ2n) is 6.01. The molecule has 1 amide bonds. The van der Waals surface area contributed by atoms with Crippen LogP contribution in [0.2, 0.25) is 0 Å². The number of thioether (sulfide) groups is 1. The largest absolute Gasteiger partial charge is 0.416 e. The molecule has 26 heavy (non-hydrogen) atoms. The minimum atomic E-state index is -4.41. The van der Waals surface area contributed by atoms with Gasteiger partial charge in [0, 0.05) is 20.1 Å². The van der Waals surface area contributed by atoms with Crippen LogP contribution in [0.25, 0.3) is 0 Å². The van der Waals surface area contributed by atoms with Crippen molar-refractivity contribution in [1.29, 1.82) is 0 Å². The Bertz CT molecular complexity index is 736. The molecule has 1 aromatic rings. The lowest BCUT2D eigenvalue weighted by Gasteiger charge is -2.26. The van der Waals surface area contributed by atoms with Gasteiger partial charge in [0.25, 0.3) is 0 Å². The molecule has 0 N–H and O–H groups in total. The quantitative estimate of drug-likeness (QED) is 0.694. The molecule has 0 aliphatic carbocycles. The van der Waals surface area contributed by atoms with E-state index in [1.165, 1.54) is 40.1 Å². The number of benzene rings is 1. The van der Waals surface area contributed by atoms with Crippen LogP contribution in [0.4, 0.5) is 13.2 Å². The monoisotopic (exact) mass is 410 g/mol. The third-order valence-corrected chi connectivity index (χ3v) is 7.40. The van der Waals surface area contributed by atoms with E-state index >= 15 is 0 Å². The van der Waals surface area contributed by atoms with Crippen molar-refractivity contribution in [3.63, 3.8) is 0 Å². The lowest BCUT2D eigenvalue weighted by Crippen LogP contribution is -2.38. The molecule has 1 heterocycles. The zero-order valence-corrected chi connectivity index (χ0v) is 16.1. The van der Waals surface area contributed by atoms with Crippen molar-refractivity contribution in [2.45, 2.75) is 24.9 Å². The van der Waals surface area contributed by atoms with E-state index in [1.807, 2.05) is 0 Å². The topological polar surface area (TPSA) is 57.7 Å². The first-order chi connectivity index (χ1) is 12.1. The number of likely N-dealkylation sites (N-methyl/N-ethyl adjacent to an activating group) is 1. The fraction of sp³-hybridized carbons (Fsp3) is 0.562. The van der Waals surface area contributed by atoms with Gasteiger partial charge in [0.05, 0.1) is 17.1 Å². The molecule has 1 aliphatic heterocycles. The van der Waals surface area contributed by atoms with E-state index in [2.05, 4.69) is 0 Å². The van der Waals surface area contributed by atoms with E-state index in [0.717, 1.165) is 12.1 Å². The molecular formula is C16H21F3N2O3S2. The van der Waals surface area contributed by atoms with Gasteiger partial charge in [-0.25, -0.2) is 12.7 Å². The summed E-state index contributed by atoms with van der Waals surface area (Å²) in [6.07, 6.45) is -3.91. The molecule has 0 aromatic heterocycles. The summed E-state index contributed by atoms with van der Waals surface area (Å²) < 4.78 is 63.3. The lowest BCUT2D eigenvalue weighted by molar-refractivity contribution is -0.137. The molecule has 0 bridgehead atoms. The van der Waals surface area contributed by atoms with E-state index in [-0.39, 0.29) is 30.5 Å². The van der Waals surface area contributed by atoms with Crippen LogP contribution < -0.4 is 0 Å². The maximum Gasteiger partial charge on any atom is 0.416 e. The molecule has 0 unspecified atom stereocenters. The average Bonchev–Trinajstić information content (AvgIpc) is 2.92. The molecule has 1 aliphatic rings. The molecule has 1 fully saturated rings. The van der Waals surface area contributed by atoms with E-state index in [1.54, 1.807) is 6.92 Å². The normalized spacial score (nSPS) is 18.8. The van der Waals surface area contributed by atoms with Crippen molar-refractivity contribution in [3.8, 4) is 0 Å². The summed E-state index contributed by atoms with van der Waals surface area (Å²) in [5.74, 6) is 0.104. The fourth-order valence-electron chi connectivity index (χ4n) is 2.61. The Kier molecular flexibility index (Phi) is 6.62. The van der Waals surface area contributed by atoms with Gasteiger partial charge in [-0.15, -0.1) is 11.8 Å². The predicted octanol–water partition coefficient (Wildman–Crippen LogP) is 2.95. The summed E-state index contributed by atoms with van der Waals surface area (Å²) in [5.41, 5.74) is -0.152. The van der Waals surface area contributed by atoms with Crippen molar-refractivity contribution < 1.29 is 26.4 Å². The van der Waals surface area contributed by atoms with Gasteiger partial charge in [-0.05, 0) is 24.1 Å². The second-order valence-corrected chi connectivity index (χ2v) is 9.27. The van der Waals surface area contributed by atoms with Crippen LogP contribution in [0.15, 0.2) is 24.3 Å². The first-order valence-electron chi connectivity index (χ1n) is 8.08.